The van der Waals surface area contributed by atoms with E-state index in [-0.39, 0.29) is 11.3 Å². The lowest BCUT2D eigenvalue weighted by atomic mass is 10.1. The Bertz CT molecular complexity index is 922. The summed E-state index contributed by atoms with van der Waals surface area (Å²) in [5, 5.41) is 20.1. The van der Waals surface area contributed by atoms with Crippen molar-refractivity contribution in [1.29, 1.82) is 5.26 Å². The molecule has 0 aliphatic rings. The number of hydrogen-bond acceptors (Lipinski definition) is 4. The zero-order valence-corrected chi connectivity index (χ0v) is 14.8. The fourth-order valence-corrected chi connectivity index (χ4v) is 2.44. The maximum Gasteiger partial charge on any atom is 0.341 e. The van der Waals surface area contributed by atoms with Gasteiger partial charge in [0.1, 0.15) is 23.2 Å². The standard InChI is InChI=1S/C18H12BrFN2O4/c19-13-8-11(5-6-16(13)26-10-17(23)24)7-12(9-21)18(25)22-15-4-2-1-3-14(15)20/h1-8H,10H2,(H,22,25)(H,23,24)/b12-7+. The Morgan fingerprint density at radius 2 is 2.04 bits per heavy atom. The number of carboxylic acids is 1. The fourth-order valence-electron chi connectivity index (χ4n) is 1.93. The zero-order valence-electron chi connectivity index (χ0n) is 13.2. The van der Waals surface area contributed by atoms with E-state index in [1.54, 1.807) is 24.3 Å². The third-order valence-electron chi connectivity index (χ3n) is 3.11. The zero-order chi connectivity index (χ0) is 19.1. The predicted octanol–water partition coefficient (Wildman–Crippen LogP) is 3.60. The van der Waals surface area contributed by atoms with E-state index in [1.165, 1.54) is 30.3 Å². The average Bonchev–Trinajstić information content (AvgIpc) is 2.60. The van der Waals surface area contributed by atoms with Gasteiger partial charge in [0.25, 0.3) is 5.91 Å². The smallest absolute Gasteiger partial charge is 0.341 e. The summed E-state index contributed by atoms with van der Waals surface area (Å²) >= 11 is 3.23. The molecule has 2 N–H and O–H groups in total. The molecule has 0 saturated carbocycles. The van der Waals surface area contributed by atoms with Gasteiger partial charge in [0.05, 0.1) is 10.2 Å². The van der Waals surface area contributed by atoms with Crippen LogP contribution in [-0.2, 0) is 9.59 Å². The number of aliphatic carboxylic acids is 1. The molecule has 2 rings (SSSR count). The molecule has 0 radical (unpaired) electrons. The molecule has 26 heavy (non-hydrogen) atoms. The number of carboxylic acid groups (broad SMARTS) is 1. The van der Waals surface area contributed by atoms with Gasteiger partial charge in [0, 0.05) is 0 Å². The lowest BCUT2D eigenvalue weighted by molar-refractivity contribution is -0.139. The van der Waals surface area contributed by atoms with Gasteiger partial charge in [-0.3, -0.25) is 4.79 Å². The van der Waals surface area contributed by atoms with Gasteiger partial charge < -0.3 is 15.2 Å². The molecule has 0 fully saturated rings. The highest BCUT2D eigenvalue weighted by molar-refractivity contribution is 9.10. The fraction of sp³-hybridized carbons (Fsp3) is 0.0556. The molecule has 0 heterocycles. The van der Waals surface area contributed by atoms with E-state index in [2.05, 4.69) is 21.2 Å². The van der Waals surface area contributed by atoms with Crippen molar-refractivity contribution in [2.24, 2.45) is 0 Å². The van der Waals surface area contributed by atoms with Crippen LogP contribution in [0.5, 0.6) is 5.75 Å². The third kappa shape index (κ3) is 5.16. The first kappa shape index (κ1) is 19.1. The summed E-state index contributed by atoms with van der Waals surface area (Å²) in [6, 6.07) is 12.0. The number of hydrogen-bond donors (Lipinski definition) is 2. The highest BCUT2D eigenvalue weighted by Gasteiger charge is 2.12. The van der Waals surface area contributed by atoms with Crippen LogP contribution in [-0.4, -0.2) is 23.6 Å². The van der Waals surface area contributed by atoms with Crippen molar-refractivity contribution in [3.8, 4) is 11.8 Å². The number of benzene rings is 2. The number of rotatable bonds is 6. The number of nitrogens with one attached hydrogen (secondary N) is 1. The minimum Gasteiger partial charge on any atom is -0.481 e. The van der Waals surface area contributed by atoms with Gasteiger partial charge in [-0.1, -0.05) is 18.2 Å². The van der Waals surface area contributed by atoms with Crippen molar-refractivity contribution in [1.82, 2.24) is 0 Å². The predicted molar refractivity (Wildman–Crippen MR) is 95.9 cm³/mol. The SMILES string of the molecule is N#C/C(=C\c1ccc(OCC(=O)O)c(Br)c1)C(=O)Nc1ccccc1F. The molecular formula is C18H12BrFN2O4. The lowest BCUT2D eigenvalue weighted by Gasteiger charge is -2.07. The van der Waals surface area contributed by atoms with Crippen molar-refractivity contribution < 1.29 is 23.8 Å². The molecule has 0 aromatic heterocycles. The first-order valence-corrected chi connectivity index (χ1v) is 8.02. The second-order valence-electron chi connectivity index (χ2n) is 4.98. The highest BCUT2D eigenvalue weighted by Crippen LogP contribution is 2.27. The van der Waals surface area contributed by atoms with Gasteiger partial charge in [-0.2, -0.15) is 5.26 Å². The average molecular weight is 419 g/mol. The van der Waals surface area contributed by atoms with Crippen molar-refractivity contribution >= 4 is 39.6 Å². The second-order valence-corrected chi connectivity index (χ2v) is 5.83. The van der Waals surface area contributed by atoms with Crippen molar-refractivity contribution in [3.63, 3.8) is 0 Å². The number of nitrogens with zero attached hydrogens (tertiary/aromatic N) is 1. The summed E-state index contributed by atoms with van der Waals surface area (Å²) in [7, 11) is 0. The van der Waals surface area contributed by atoms with Gasteiger partial charge in [0.15, 0.2) is 6.61 Å². The molecule has 0 unspecified atom stereocenters. The summed E-state index contributed by atoms with van der Waals surface area (Å²) in [6.07, 6.45) is 1.32. The number of nitriles is 1. The second kappa shape index (κ2) is 8.78. The summed E-state index contributed by atoms with van der Waals surface area (Å²) in [5.41, 5.74) is 0.247. The Hall–Kier alpha value is -3.18. The van der Waals surface area contributed by atoms with Gasteiger partial charge >= 0.3 is 5.97 Å². The lowest BCUT2D eigenvalue weighted by Crippen LogP contribution is -2.14. The Morgan fingerprint density at radius 1 is 1.31 bits per heavy atom. The molecule has 0 saturated heterocycles. The number of ether oxygens (including phenoxy) is 1. The normalized spacial score (nSPS) is 10.7. The largest absolute Gasteiger partial charge is 0.481 e. The van der Waals surface area contributed by atoms with Crippen molar-refractivity contribution in [3.05, 3.63) is 63.9 Å². The Kier molecular flexibility index (Phi) is 6.47. The van der Waals surface area contributed by atoms with Crippen molar-refractivity contribution in [2.75, 3.05) is 11.9 Å². The van der Waals surface area contributed by atoms with E-state index >= 15 is 0 Å². The van der Waals surface area contributed by atoms with E-state index in [0.717, 1.165) is 0 Å². The molecular weight excluding hydrogens is 407 g/mol. The Labute approximate surface area is 156 Å². The summed E-state index contributed by atoms with van der Waals surface area (Å²) in [5.74, 6) is -2.17. The number of para-hydroxylation sites is 1. The summed E-state index contributed by atoms with van der Waals surface area (Å²) in [4.78, 5) is 22.7. The number of carbonyl (C=O) groups is 2. The van der Waals surface area contributed by atoms with Crippen LogP contribution in [0.1, 0.15) is 5.56 Å². The van der Waals surface area contributed by atoms with Gasteiger partial charge in [-0.15, -0.1) is 0 Å². The van der Waals surface area contributed by atoms with E-state index < -0.39 is 24.3 Å². The topological polar surface area (TPSA) is 99.4 Å². The van der Waals surface area contributed by atoms with Crippen LogP contribution in [0, 0.1) is 17.1 Å². The number of halogens is 2. The van der Waals surface area contributed by atoms with Crippen LogP contribution in [0.15, 0.2) is 52.5 Å². The molecule has 0 bridgehead atoms. The molecule has 0 atom stereocenters. The maximum atomic E-state index is 13.6. The number of anilines is 1. The van der Waals surface area contributed by atoms with Gasteiger partial charge in [-0.05, 0) is 51.8 Å². The molecule has 8 heteroatoms. The maximum absolute atomic E-state index is 13.6. The molecule has 6 nitrogen and oxygen atoms in total. The van der Waals surface area contributed by atoms with Crippen LogP contribution in [0.2, 0.25) is 0 Å². The first-order valence-electron chi connectivity index (χ1n) is 7.22. The van der Waals surface area contributed by atoms with E-state index in [9.17, 15) is 19.2 Å². The minimum absolute atomic E-state index is 0.0303. The van der Waals surface area contributed by atoms with Crippen LogP contribution in [0.25, 0.3) is 6.08 Å². The Morgan fingerprint density at radius 3 is 2.65 bits per heavy atom. The molecule has 2 aromatic rings. The molecule has 0 spiro atoms. The van der Waals surface area contributed by atoms with Crippen LogP contribution in [0.3, 0.4) is 0 Å². The molecule has 1 amide bonds. The minimum atomic E-state index is -1.11. The van der Waals surface area contributed by atoms with Crippen LogP contribution in [0.4, 0.5) is 10.1 Å². The molecule has 132 valence electrons. The molecule has 0 aliphatic heterocycles. The number of amides is 1. The third-order valence-corrected chi connectivity index (χ3v) is 3.72. The molecule has 0 aliphatic carbocycles. The van der Waals surface area contributed by atoms with Crippen LogP contribution >= 0.6 is 15.9 Å². The Balaban J connectivity index is 2.19. The number of carbonyl (C=O) groups excluding carboxylic acids is 1. The monoisotopic (exact) mass is 418 g/mol. The summed E-state index contributed by atoms with van der Waals surface area (Å²) < 4.78 is 19.1. The summed E-state index contributed by atoms with van der Waals surface area (Å²) in [6.45, 7) is -0.498. The van der Waals surface area contributed by atoms with Gasteiger partial charge in [0.2, 0.25) is 0 Å². The van der Waals surface area contributed by atoms with E-state index in [1.807, 2.05) is 0 Å². The van der Waals surface area contributed by atoms with Gasteiger partial charge in [-0.25, -0.2) is 9.18 Å². The van der Waals surface area contributed by atoms with E-state index in [4.69, 9.17) is 9.84 Å². The highest BCUT2D eigenvalue weighted by atomic mass is 79.9. The van der Waals surface area contributed by atoms with Crippen LogP contribution < -0.4 is 10.1 Å². The van der Waals surface area contributed by atoms with E-state index in [0.29, 0.717) is 15.8 Å². The van der Waals surface area contributed by atoms with Crippen molar-refractivity contribution in [2.45, 2.75) is 0 Å². The molecule has 2 aromatic carbocycles. The quantitative estimate of drug-likeness (QED) is 0.551. The first-order chi connectivity index (χ1) is 12.4.